The molecule has 0 aliphatic carbocycles. The Hall–Kier alpha value is -0.420. The Morgan fingerprint density at radius 1 is 1.59 bits per heavy atom. The molecule has 0 aromatic carbocycles. The zero-order valence-corrected chi connectivity index (χ0v) is 11.8. The number of amides is 2. The molecule has 4 nitrogen and oxygen atoms in total. The number of hydrogen-bond donors (Lipinski definition) is 2. The summed E-state index contributed by atoms with van der Waals surface area (Å²) in [6.07, 6.45) is 2.67. The number of thioether (sulfide) groups is 1. The minimum atomic E-state index is -0.316. The molecule has 0 radical (unpaired) electrons. The highest BCUT2D eigenvalue weighted by Crippen LogP contribution is 2.19. The fourth-order valence-electron chi connectivity index (χ4n) is 2.08. The number of aliphatic hydroxyl groups is 1. The molecule has 1 saturated heterocycles. The topological polar surface area (TPSA) is 52.6 Å². The smallest absolute Gasteiger partial charge is 0.317 e. The Labute approximate surface area is 108 Å². The zero-order valence-electron chi connectivity index (χ0n) is 11.0. The molecule has 17 heavy (non-hydrogen) atoms. The third-order valence-electron chi connectivity index (χ3n) is 3.25. The third kappa shape index (κ3) is 4.76. The van der Waals surface area contributed by atoms with Crippen molar-refractivity contribution in [2.45, 2.75) is 26.4 Å². The van der Waals surface area contributed by atoms with Crippen molar-refractivity contribution in [2.24, 2.45) is 11.8 Å². The van der Waals surface area contributed by atoms with E-state index in [0.29, 0.717) is 12.5 Å². The Morgan fingerprint density at radius 2 is 2.29 bits per heavy atom. The maximum absolute atomic E-state index is 11.8. The lowest BCUT2D eigenvalue weighted by atomic mass is 10.0. The van der Waals surface area contributed by atoms with Crippen molar-refractivity contribution in [3.8, 4) is 0 Å². The first kappa shape index (κ1) is 14.6. The number of nitrogens with zero attached hydrogens (tertiary/aromatic N) is 1. The number of rotatable bonds is 5. The van der Waals surface area contributed by atoms with Crippen molar-refractivity contribution >= 4 is 17.8 Å². The molecule has 0 aromatic rings. The second-order valence-electron chi connectivity index (χ2n) is 4.98. The summed E-state index contributed by atoms with van der Waals surface area (Å²) < 4.78 is 0. The quantitative estimate of drug-likeness (QED) is 0.785. The molecule has 0 bridgehead atoms. The van der Waals surface area contributed by atoms with E-state index < -0.39 is 0 Å². The van der Waals surface area contributed by atoms with E-state index in [1.54, 1.807) is 18.7 Å². The normalized spacial score (nSPS) is 23.5. The fourth-order valence-corrected chi connectivity index (χ4v) is 2.77. The third-order valence-corrected chi connectivity index (χ3v) is 4.15. The molecule has 2 amide bonds. The van der Waals surface area contributed by atoms with Gasteiger partial charge in [-0.3, -0.25) is 0 Å². The van der Waals surface area contributed by atoms with Crippen LogP contribution >= 0.6 is 11.8 Å². The number of carbonyl (C=O) groups is 1. The van der Waals surface area contributed by atoms with Crippen molar-refractivity contribution in [1.29, 1.82) is 0 Å². The summed E-state index contributed by atoms with van der Waals surface area (Å²) in [5, 5.41) is 12.4. The Bertz CT molecular complexity index is 249. The summed E-state index contributed by atoms with van der Waals surface area (Å²) in [6.45, 7) is 6.11. The standard InChI is InChI=1S/C12H24N2O2S/c1-9(8-17-3)6-13-12(16)14-5-4-11(7-14)10(2)15/h9-11,15H,4-8H2,1-3H3,(H,13,16)/t9-,10+,11+/m1/s1. The molecule has 0 unspecified atom stereocenters. The molecule has 1 heterocycles. The van der Waals surface area contributed by atoms with E-state index in [4.69, 9.17) is 0 Å². The maximum atomic E-state index is 11.8. The van der Waals surface area contributed by atoms with Crippen LogP contribution in [0.15, 0.2) is 0 Å². The van der Waals surface area contributed by atoms with Crippen LogP contribution < -0.4 is 5.32 Å². The molecule has 3 atom stereocenters. The summed E-state index contributed by atoms with van der Waals surface area (Å²) >= 11 is 1.80. The van der Waals surface area contributed by atoms with Gasteiger partial charge in [-0.05, 0) is 31.3 Å². The van der Waals surface area contributed by atoms with Gasteiger partial charge in [0.1, 0.15) is 0 Å². The van der Waals surface area contributed by atoms with Crippen LogP contribution in [0.25, 0.3) is 0 Å². The zero-order chi connectivity index (χ0) is 12.8. The van der Waals surface area contributed by atoms with Crippen LogP contribution in [-0.2, 0) is 0 Å². The van der Waals surface area contributed by atoms with E-state index in [9.17, 15) is 9.90 Å². The molecular weight excluding hydrogens is 236 g/mol. The highest BCUT2D eigenvalue weighted by molar-refractivity contribution is 7.98. The second kappa shape index (κ2) is 7.11. The Morgan fingerprint density at radius 3 is 2.82 bits per heavy atom. The summed E-state index contributed by atoms with van der Waals surface area (Å²) in [4.78, 5) is 13.7. The van der Waals surface area contributed by atoms with Gasteiger partial charge in [-0.25, -0.2) is 4.79 Å². The van der Waals surface area contributed by atoms with Gasteiger partial charge in [0.15, 0.2) is 0 Å². The van der Waals surface area contributed by atoms with Gasteiger partial charge in [-0.15, -0.1) is 0 Å². The van der Waals surface area contributed by atoms with E-state index in [1.807, 2.05) is 4.90 Å². The van der Waals surface area contributed by atoms with Gasteiger partial charge in [0, 0.05) is 25.6 Å². The minimum Gasteiger partial charge on any atom is -0.393 e. The molecule has 2 N–H and O–H groups in total. The first-order valence-electron chi connectivity index (χ1n) is 6.24. The molecule has 1 aliphatic heterocycles. The summed E-state index contributed by atoms with van der Waals surface area (Å²) in [5.74, 6) is 1.81. The highest BCUT2D eigenvalue weighted by Gasteiger charge is 2.28. The highest BCUT2D eigenvalue weighted by atomic mass is 32.2. The monoisotopic (exact) mass is 260 g/mol. The molecule has 1 rings (SSSR count). The minimum absolute atomic E-state index is 0.0149. The van der Waals surface area contributed by atoms with Crippen molar-refractivity contribution < 1.29 is 9.90 Å². The summed E-state index contributed by atoms with van der Waals surface area (Å²) in [7, 11) is 0. The molecule has 0 spiro atoms. The molecule has 1 fully saturated rings. The first-order chi connectivity index (χ1) is 8.04. The average molecular weight is 260 g/mol. The van der Waals surface area contributed by atoms with Gasteiger partial charge in [-0.1, -0.05) is 6.92 Å². The molecule has 0 saturated carbocycles. The number of urea groups is 1. The largest absolute Gasteiger partial charge is 0.393 e. The van der Waals surface area contributed by atoms with Crippen LogP contribution in [0.3, 0.4) is 0 Å². The van der Waals surface area contributed by atoms with Crippen LogP contribution in [0.5, 0.6) is 0 Å². The second-order valence-corrected chi connectivity index (χ2v) is 5.89. The van der Waals surface area contributed by atoms with Crippen LogP contribution in [-0.4, -0.2) is 53.8 Å². The first-order valence-corrected chi connectivity index (χ1v) is 7.63. The molecular formula is C12H24N2O2S. The SMILES string of the molecule is CSC[C@H](C)CNC(=O)N1CC[C@H]([C@H](C)O)C1. The average Bonchev–Trinajstić information content (AvgIpc) is 2.75. The number of carbonyl (C=O) groups excluding carboxylic acids is 1. The van der Waals surface area contributed by atoms with E-state index in [2.05, 4.69) is 18.5 Å². The number of nitrogens with one attached hydrogen (secondary N) is 1. The molecule has 1 aliphatic rings. The fraction of sp³-hybridized carbons (Fsp3) is 0.917. The van der Waals surface area contributed by atoms with Crippen LogP contribution in [0.2, 0.25) is 0 Å². The predicted octanol–water partition coefficient (Wildman–Crippen LogP) is 1.40. The molecule has 5 heteroatoms. The van der Waals surface area contributed by atoms with Gasteiger partial charge in [-0.2, -0.15) is 11.8 Å². The van der Waals surface area contributed by atoms with E-state index >= 15 is 0 Å². The van der Waals surface area contributed by atoms with Crippen molar-refractivity contribution in [1.82, 2.24) is 10.2 Å². The lowest BCUT2D eigenvalue weighted by Crippen LogP contribution is -2.41. The van der Waals surface area contributed by atoms with Gasteiger partial charge < -0.3 is 15.3 Å². The number of hydrogen-bond acceptors (Lipinski definition) is 3. The van der Waals surface area contributed by atoms with Gasteiger partial charge in [0.25, 0.3) is 0 Å². The van der Waals surface area contributed by atoms with Gasteiger partial charge in [0.2, 0.25) is 0 Å². The Kier molecular flexibility index (Phi) is 6.12. The molecule has 0 aromatic heterocycles. The van der Waals surface area contributed by atoms with Crippen molar-refractivity contribution in [2.75, 3.05) is 31.6 Å². The number of aliphatic hydroxyl groups excluding tert-OH is 1. The van der Waals surface area contributed by atoms with Crippen molar-refractivity contribution in [3.63, 3.8) is 0 Å². The maximum Gasteiger partial charge on any atom is 0.317 e. The van der Waals surface area contributed by atoms with Gasteiger partial charge >= 0.3 is 6.03 Å². The van der Waals surface area contributed by atoms with Crippen LogP contribution in [0.1, 0.15) is 20.3 Å². The Balaban J connectivity index is 2.25. The summed E-state index contributed by atoms with van der Waals surface area (Å²) in [5.41, 5.74) is 0. The van der Waals surface area contributed by atoms with E-state index in [1.165, 1.54) is 0 Å². The molecule has 100 valence electrons. The van der Waals surface area contributed by atoms with Crippen LogP contribution in [0.4, 0.5) is 4.79 Å². The number of likely N-dealkylation sites (tertiary alicyclic amines) is 1. The van der Waals surface area contributed by atoms with Gasteiger partial charge in [0.05, 0.1) is 6.10 Å². The lowest BCUT2D eigenvalue weighted by Gasteiger charge is -2.19. The van der Waals surface area contributed by atoms with E-state index in [-0.39, 0.29) is 18.1 Å². The predicted molar refractivity (Wildman–Crippen MR) is 72.3 cm³/mol. The lowest BCUT2D eigenvalue weighted by molar-refractivity contribution is 0.129. The summed E-state index contributed by atoms with van der Waals surface area (Å²) in [6, 6.07) is 0.0149. The van der Waals surface area contributed by atoms with Crippen molar-refractivity contribution in [3.05, 3.63) is 0 Å². The van der Waals surface area contributed by atoms with Crippen LogP contribution in [0, 0.1) is 11.8 Å². The van der Waals surface area contributed by atoms with E-state index in [0.717, 1.165) is 25.3 Å².